The SMILES string of the molecule is CCNC(C)c1sc(N(C)CCS(C)(=O)=O)nc1C. The van der Waals surface area contributed by atoms with Crippen LogP contribution in [0, 0.1) is 6.92 Å². The van der Waals surface area contributed by atoms with Crippen LogP contribution in [0.2, 0.25) is 0 Å². The van der Waals surface area contributed by atoms with Crippen LogP contribution in [0.1, 0.15) is 30.5 Å². The average molecular weight is 305 g/mol. The van der Waals surface area contributed by atoms with Gasteiger partial charge in [-0.15, -0.1) is 11.3 Å². The lowest BCUT2D eigenvalue weighted by atomic mass is 10.2. The zero-order chi connectivity index (χ0) is 14.6. The predicted molar refractivity (Wildman–Crippen MR) is 81.9 cm³/mol. The van der Waals surface area contributed by atoms with Gasteiger partial charge in [0, 0.05) is 30.8 Å². The molecule has 0 fully saturated rings. The number of thiazole rings is 1. The molecule has 7 heteroatoms. The minimum atomic E-state index is -2.93. The third-order valence-corrected chi connectivity index (χ3v) is 5.23. The van der Waals surface area contributed by atoms with Crippen molar-refractivity contribution in [2.75, 3.05) is 37.0 Å². The molecule has 0 saturated carbocycles. The summed E-state index contributed by atoms with van der Waals surface area (Å²) in [5, 5.41) is 4.24. The number of sulfone groups is 1. The van der Waals surface area contributed by atoms with Crippen molar-refractivity contribution < 1.29 is 8.42 Å². The van der Waals surface area contributed by atoms with Crippen LogP contribution >= 0.6 is 11.3 Å². The first-order valence-electron chi connectivity index (χ1n) is 6.34. The van der Waals surface area contributed by atoms with Gasteiger partial charge in [-0.3, -0.25) is 0 Å². The summed E-state index contributed by atoms with van der Waals surface area (Å²) in [4.78, 5) is 7.64. The van der Waals surface area contributed by atoms with E-state index in [0.717, 1.165) is 17.4 Å². The third-order valence-electron chi connectivity index (χ3n) is 2.85. The van der Waals surface area contributed by atoms with Crippen LogP contribution in [0.5, 0.6) is 0 Å². The minimum Gasteiger partial charge on any atom is -0.350 e. The molecule has 0 radical (unpaired) electrons. The first-order chi connectivity index (χ1) is 8.74. The van der Waals surface area contributed by atoms with E-state index < -0.39 is 9.84 Å². The summed E-state index contributed by atoms with van der Waals surface area (Å²) in [6.07, 6.45) is 1.26. The normalized spacial score (nSPS) is 13.5. The second-order valence-corrected chi connectivity index (χ2v) is 8.05. The fraction of sp³-hybridized carbons (Fsp3) is 0.750. The van der Waals surface area contributed by atoms with E-state index in [9.17, 15) is 8.42 Å². The molecule has 1 atom stereocenters. The van der Waals surface area contributed by atoms with Gasteiger partial charge in [0.1, 0.15) is 9.84 Å². The lowest BCUT2D eigenvalue weighted by molar-refractivity contribution is 0.601. The fourth-order valence-electron chi connectivity index (χ4n) is 1.76. The van der Waals surface area contributed by atoms with Crippen molar-refractivity contribution in [3.63, 3.8) is 0 Å². The number of rotatable bonds is 7. The summed E-state index contributed by atoms with van der Waals surface area (Å²) in [6.45, 7) is 7.57. The van der Waals surface area contributed by atoms with Gasteiger partial charge in [-0.25, -0.2) is 13.4 Å². The molecule has 0 aromatic carbocycles. The van der Waals surface area contributed by atoms with Crippen LogP contribution in [0.4, 0.5) is 5.13 Å². The number of hydrogen-bond acceptors (Lipinski definition) is 6. The van der Waals surface area contributed by atoms with Gasteiger partial charge in [0.05, 0.1) is 11.4 Å². The largest absolute Gasteiger partial charge is 0.350 e. The van der Waals surface area contributed by atoms with Gasteiger partial charge in [0.25, 0.3) is 0 Å². The average Bonchev–Trinajstić information content (AvgIpc) is 2.67. The Hall–Kier alpha value is -0.660. The fourth-order valence-corrected chi connectivity index (χ4v) is 3.44. The van der Waals surface area contributed by atoms with Crippen molar-refractivity contribution in [3.8, 4) is 0 Å². The third kappa shape index (κ3) is 5.08. The summed E-state index contributed by atoms with van der Waals surface area (Å²) >= 11 is 1.62. The minimum absolute atomic E-state index is 0.153. The quantitative estimate of drug-likeness (QED) is 0.829. The number of anilines is 1. The Kier molecular flexibility index (Phi) is 5.76. The lowest BCUT2D eigenvalue weighted by Gasteiger charge is -2.14. The summed E-state index contributed by atoms with van der Waals surface area (Å²) in [6, 6.07) is 0.277. The van der Waals surface area contributed by atoms with Crippen molar-refractivity contribution in [2.24, 2.45) is 0 Å². The van der Waals surface area contributed by atoms with Crippen LogP contribution in [0.15, 0.2) is 0 Å². The molecule has 0 aliphatic heterocycles. The Balaban J connectivity index is 2.77. The summed E-state index contributed by atoms with van der Waals surface area (Å²) in [7, 11) is -1.05. The van der Waals surface area contributed by atoms with Gasteiger partial charge in [-0.2, -0.15) is 0 Å². The van der Waals surface area contributed by atoms with Crippen molar-refractivity contribution in [2.45, 2.75) is 26.8 Å². The highest BCUT2D eigenvalue weighted by molar-refractivity contribution is 7.90. The number of nitrogens with zero attached hydrogens (tertiary/aromatic N) is 2. The highest BCUT2D eigenvalue weighted by Crippen LogP contribution is 2.29. The van der Waals surface area contributed by atoms with Crippen molar-refractivity contribution >= 4 is 26.3 Å². The molecular weight excluding hydrogens is 282 g/mol. The Labute approximate surface area is 120 Å². The molecule has 1 rings (SSSR count). The first kappa shape index (κ1) is 16.4. The van der Waals surface area contributed by atoms with E-state index in [-0.39, 0.29) is 11.8 Å². The Bertz CT molecular complexity index is 511. The number of aromatic nitrogens is 1. The maximum atomic E-state index is 11.2. The van der Waals surface area contributed by atoms with Gasteiger partial charge < -0.3 is 10.2 Å². The van der Waals surface area contributed by atoms with E-state index >= 15 is 0 Å². The van der Waals surface area contributed by atoms with E-state index in [0.29, 0.717) is 6.54 Å². The molecule has 0 amide bonds. The molecule has 0 aliphatic rings. The van der Waals surface area contributed by atoms with Crippen LogP contribution in [-0.4, -0.2) is 45.5 Å². The summed E-state index contributed by atoms with van der Waals surface area (Å²) < 4.78 is 22.4. The van der Waals surface area contributed by atoms with E-state index in [1.807, 2.05) is 18.9 Å². The topological polar surface area (TPSA) is 62.3 Å². The van der Waals surface area contributed by atoms with Gasteiger partial charge in [0.2, 0.25) is 0 Å². The predicted octanol–water partition coefficient (Wildman–Crippen LogP) is 1.60. The molecular formula is C12H23N3O2S2. The lowest BCUT2D eigenvalue weighted by Crippen LogP contribution is -2.24. The van der Waals surface area contributed by atoms with Crippen LogP contribution in [-0.2, 0) is 9.84 Å². The highest BCUT2D eigenvalue weighted by atomic mass is 32.2. The van der Waals surface area contributed by atoms with Gasteiger partial charge in [0.15, 0.2) is 5.13 Å². The van der Waals surface area contributed by atoms with Crippen molar-refractivity contribution in [1.82, 2.24) is 10.3 Å². The molecule has 0 saturated heterocycles. The Morgan fingerprint density at radius 3 is 2.63 bits per heavy atom. The maximum Gasteiger partial charge on any atom is 0.185 e. The Morgan fingerprint density at radius 2 is 2.11 bits per heavy atom. The molecule has 5 nitrogen and oxygen atoms in total. The number of nitrogens with one attached hydrogen (secondary N) is 1. The van der Waals surface area contributed by atoms with Crippen LogP contribution in [0.25, 0.3) is 0 Å². The zero-order valence-electron chi connectivity index (χ0n) is 12.2. The van der Waals surface area contributed by atoms with Crippen LogP contribution in [0.3, 0.4) is 0 Å². The molecule has 1 unspecified atom stereocenters. The maximum absolute atomic E-state index is 11.2. The van der Waals surface area contributed by atoms with Crippen molar-refractivity contribution in [1.29, 1.82) is 0 Å². The molecule has 1 aromatic rings. The number of hydrogen-bond donors (Lipinski definition) is 1. The van der Waals surface area contributed by atoms with Gasteiger partial charge in [-0.1, -0.05) is 6.92 Å². The molecule has 1 heterocycles. The second kappa shape index (κ2) is 6.67. The van der Waals surface area contributed by atoms with E-state index in [4.69, 9.17) is 0 Å². The van der Waals surface area contributed by atoms with E-state index in [1.165, 1.54) is 11.1 Å². The number of aryl methyl sites for hydroxylation is 1. The second-order valence-electron chi connectivity index (χ2n) is 4.78. The smallest absolute Gasteiger partial charge is 0.185 e. The van der Waals surface area contributed by atoms with Crippen molar-refractivity contribution in [3.05, 3.63) is 10.6 Å². The van der Waals surface area contributed by atoms with Crippen LogP contribution < -0.4 is 10.2 Å². The highest BCUT2D eigenvalue weighted by Gasteiger charge is 2.16. The molecule has 1 aromatic heterocycles. The summed E-state index contributed by atoms with van der Waals surface area (Å²) in [5.41, 5.74) is 1.01. The molecule has 110 valence electrons. The van der Waals surface area contributed by atoms with Gasteiger partial charge >= 0.3 is 0 Å². The Morgan fingerprint density at radius 1 is 1.47 bits per heavy atom. The monoisotopic (exact) mass is 305 g/mol. The molecule has 0 bridgehead atoms. The summed E-state index contributed by atoms with van der Waals surface area (Å²) in [5.74, 6) is 0.153. The first-order valence-corrected chi connectivity index (χ1v) is 9.22. The molecule has 19 heavy (non-hydrogen) atoms. The van der Waals surface area contributed by atoms with E-state index in [1.54, 1.807) is 11.3 Å². The van der Waals surface area contributed by atoms with E-state index in [2.05, 4.69) is 24.1 Å². The molecule has 0 spiro atoms. The zero-order valence-corrected chi connectivity index (χ0v) is 13.9. The van der Waals surface area contributed by atoms with Gasteiger partial charge in [-0.05, 0) is 20.4 Å². The standard InChI is InChI=1S/C12H23N3O2S2/c1-6-13-9(2)11-10(3)14-12(18-11)15(4)7-8-19(5,16)17/h9,13H,6-8H2,1-5H3. The molecule has 1 N–H and O–H groups in total. The molecule has 0 aliphatic carbocycles.